The lowest BCUT2D eigenvalue weighted by Gasteiger charge is -2.44. The van der Waals surface area contributed by atoms with Crippen LogP contribution in [0.4, 0.5) is 0 Å². The summed E-state index contributed by atoms with van der Waals surface area (Å²) in [5.74, 6) is 3.24. The molecule has 3 heteroatoms. The summed E-state index contributed by atoms with van der Waals surface area (Å²) in [7, 11) is 0. The van der Waals surface area contributed by atoms with Crippen LogP contribution in [0.1, 0.15) is 42.7 Å². The highest BCUT2D eigenvalue weighted by Crippen LogP contribution is 2.44. The minimum atomic E-state index is 0.0209. The van der Waals surface area contributed by atoms with Crippen LogP contribution in [0, 0.1) is 5.92 Å². The van der Waals surface area contributed by atoms with Gasteiger partial charge < -0.3 is 4.74 Å². The van der Waals surface area contributed by atoms with Crippen LogP contribution >= 0.6 is 11.8 Å². The van der Waals surface area contributed by atoms with Crippen molar-refractivity contribution in [1.82, 2.24) is 0 Å². The van der Waals surface area contributed by atoms with Gasteiger partial charge in [-0.2, -0.15) is 11.8 Å². The van der Waals surface area contributed by atoms with E-state index in [4.69, 9.17) is 4.74 Å². The Morgan fingerprint density at radius 3 is 2.86 bits per heavy atom. The van der Waals surface area contributed by atoms with Gasteiger partial charge in [0, 0.05) is 18.4 Å². The summed E-state index contributed by atoms with van der Waals surface area (Å²) in [4.78, 5) is 12.9. The molecule has 2 saturated heterocycles. The van der Waals surface area contributed by atoms with E-state index < -0.39 is 0 Å². The summed E-state index contributed by atoms with van der Waals surface area (Å²) in [6, 6.07) is 8.42. The van der Waals surface area contributed by atoms with Gasteiger partial charge in [0.15, 0.2) is 0 Å². The minimum absolute atomic E-state index is 0.0209. The Bertz CT molecular complexity index is 542. The number of thioether (sulfide) groups is 1. The lowest BCUT2D eigenvalue weighted by atomic mass is 9.69. The Labute approximate surface area is 130 Å². The van der Waals surface area contributed by atoms with Crippen molar-refractivity contribution < 1.29 is 9.53 Å². The number of fused-ring (bicyclic) bond motifs is 1. The molecule has 0 N–H and O–H groups in total. The van der Waals surface area contributed by atoms with Gasteiger partial charge in [-0.3, -0.25) is 4.79 Å². The molecule has 0 saturated carbocycles. The fraction of sp³-hybridized carbons (Fsp3) is 0.611. The van der Waals surface area contributed by atoms with Gasteiger partial charge in [-0.15, -0.1) is 0 Å². The molecule has 3 aliphatic rings. The average Bonchev–Trinajstić information content (AvgIpc) is 2.49. The Hall–Kier alpha value is -0.800. The van der Waals surface area contributed by atoms with E-state index in [-0.39, 0.29) is 17.4 Å². The van der Waals surface area contributed by atoms with Gasteiger partial charge in [-0.25, -0.2) is 0 Å². The number of ether oxygens (including phenoxy) is 1. The minimum Gasteiger partial charge on any atom is -0.375 e. The molecule has 0 bridgehead atoms. The van der Waals surface area contributed by atoms with E-state index in [0.717, 1.165) is 38.7 Å². The molecule has 1 aromatic rings. The van der Waals surface area contributed by atoms with E-state index in [1.807, 2.05) is 11.8 Å². The maximum atomic E-state index is 12.9. The first-order chi connectivity index (χ1) is 10.3. The average molecular weight is 302 g/mol. The van der Waals surface area contributed by atoms with Gasteiger partial charge in [0.2, 0.25) is 0 Å². The number of carbonyl (C=O) groups is 1. The maximum Gasteiger partial charge on any atom is 0.143 e. The third-order valence-corrected chi connectivity index (χ3v) is 6.48. The van der Waals surface area contributed by atoms with Crippen LogP contribution < -0.4 is 0 Å². The lowest BCUT2D eigenvalue weighted by Crippen LogP contribution is -2.46. The van der Waals surface area contributed by atoms with Crippen molar-refractivity contribution in [2.24, 2.45) is 5.92 Å². The summed E-state index contributed by atoms with van der Waals surface area (Å²) in [5.41, 5.74) is 2.67. The molecule has 21 heavy (non-hydrogen) atoms. The largest absolute Gasteiger partial charge is 0.375 e. The number of Topliss-reactive ketones (excluding diaryl/α,β-unsaturated/α-hetero) is 1. The number of hydrogen-bond donors (Lipinski definition) is 0. The first kappa shape index (κ1) is 13.8. The zero-order valence-corrected chi connectivity index (χ0v) is 13.2. The molecular formula is C18H22O2S. The first-order valence-electron chi connectivity index (χ1n) is 8.11. The molecule has 0 radical (unpaired) electrons. The quantitative estimate of drug-likeness (QED) is 0.835. The summed E-state index contributed by atoms with van der Waals surface area (Å²) >= 11 is 2.02. The van der Waals surface area contributed by atoms with Crippen molar-refractivity contribution in [2.75, 3.05) is 18.1 Å². The van der Waals surface area contributed by atoms with Crippen LogP contribution in [0.25, 0.3) is 0 Å². The predicted molar refractivity (Wildman–Crippen MR) is 85.9 cm³/mol. The van der Waals surface area contributed by atoms with E-state index in [0.29, 0.717) is 5.78 Å². The second kappa shape index (κ2) is 5.44. The smallest absolute Gasteiger partial charge is 0.143 e. The topological polar surface area (TPSA) is 26.3 Å². The van der Waals surface area contributed by atoms with Crippen molar-refractivity contribution in [2.45, 2.75) is 43.6 Å². The van der Waals surface area contributed by atoms with Crippen molar-refractivity contribution in [3.63, 3.8) is 0 Å². The number of ketones is 1. The van der Waals surface area contributed by atoms with E-state index in [1.54, 1.807) is 0 Å². The number of benzene rings is 1. The second-order valence-corrected chi connectivity index (χ2v) is 7.92. The van der Waals surface area contributed by atoms with Crippen molar-refractivity contribution in [3.05, 3.63) is 35.4 Å². The van der Waals surface area contributed by atoms with Crippen molar-refractivity contribution >= 4 is 17.5 Å². The zero-order chi connectivity index (χ0) is 14.3. The van der Waals surface area contributed by atoms with Gasteiger partial charge in [-0.05, 0) is 54.7 Å². The molecule has 1 aliphatic carbocycles. The van der Waals surface area contributed by atoms with Crippen LogP contribution in [0.3, 0.4) is 0 Å². The molecule has 2 aliphatic heterocycles. The molecular weight excluding hydrogens is 280 g/mol. The zero-order valence-electron chi connectivity index (χ0n) is 12.3. The second-order valence-electron chi connectivity index (χ2n) is 6.69. The molecule has 4 rings (SSSR count). The van der Waals surface area contributed by atoms with Crippen molar-refractivity contribution in [1.29, 1.82) is 0 Å². The molecule has 2 nitrogen and oxygen atoms in total. The number of carbonyl (C=O) groups excluding carboxylic acids is 1. The number of hydrogen-bond acceptors (Lipinski definition) is 3. The highest BCUT2D eigenvalue weighted by Gasteiger charge is 2.44. The third kappa shape index (κ3) is 2.44. The van der Waals surface area contributed by atoms with Crippen LogP contribution in [-0.4, -0.2) is 29.5 Å². The first-order valence-corrected chi connectivity index (χ1v) is 9.26. The molecule has 2 atom stereocenters. The Balaban J connectivity index is 1.48. The standard InChI is InChI=1S/C18H22O2S/c19-17(16-11-13-3-1-2-4-15(13)16)14-5-8-20-18(12-14)6-9-21-10-7-18/h1-4,14,16H,5-12H2. The molecule has 2 heterocycles. The highest BCUT2D eigenvalue weighted by atomic mass is 32.2. The van der Waals surface area contributed by atoms with Gasteiger partial charge >= 0.3 is 0 Å². The monoisotopic (exact) mass is 302 g/mol. The van der Waals surface area contributed by atoms with Gasteiger partial charge in [-0.1, -0.05) is 24.3 Å². The lowest BCUT2D eigenvalue weighted by molar-refractivity contribution is -0.140. The van der Waals surface area contributed by atoms with Crippen LogP contribution in [0.5, 0.6) is 0 Å². The van der Waals surface area contributed by atoms with Crippen LogP contribution in [-0.2, 0) is 16.0 Å². The Morgan fingerprint density at radius 2 is 2.05 bits per heavy atom. The maximum absolute atomic E-state index is 12.9. The van der Waals surface area contributed by atoms with E-state index >= 15 is 0 Å². The fourth-order valence-electron chi connectivity index (χ4n) is 4.16. The third-order valence-electron chi connectivity index (χ3n) is 5.50. The van der Waals surface area contributed by atoms with Crippen LogP contribution in [0.15, 0.2) is 24.3 Å². The highest BCUT2D eigenvalue weighted by molar-refractivity contribution is 7.99. The van der Waals surface area contributed by atoms with E-state index in [2.05, 4.69) is 24.3 Å². The summed E-state index contributed by atoms with van der Waals surface area (Å²) in [6.07, 6.45) is 5.10. The molecule has 1 spiro atoms. The molecule has 1 aromatic carbocycles. The summed E-state index contributed by atoms with van der Waals surface area (Å²) in [5, 5.41) is 0. The van der Waals surface area contributed by atoms with Crippen LogP contribution in [0.2, 0.25) is 0 Å². The number of rotatable bonds is 2. The molecule has 0 amide bonds. The van der Waals surface area contributed by atoms with E-state index in [1.165, 1.54) is 22.6 Å². The van der Waals surface area contributed by atoms with Gasteiger partial charge in [0.25, 0.3) is 0 Å². The van der Waals surface area contributed by atoms with Gasteiger partial charge in [0.05, 0.1) is 5.60 Å². The molecule has 2 fully saturated rings. The normalized spacial score (nSPS) is 30.5. The summed E-state index contributed by atoms with van der Waals surface area (Å²) in [6.45, 7) is 0.773. The molecule has 0 aromatic heterocycles. The van der Waals surface area contributed by atoms with E-state index in [9.17, 15) is 4.79 Å². The molecule has 112 valence electrons. The molecule has 2 unspecified atom stereocenters. The van der Waals surface area contributed by atoms with Gasteiger partial charge in [0.1, 0.15) is 5.78 Å². The Kier molecular flexibility index (Phi) is 3.58. The van der Waals surface area contributed by atoms with Crippen molar-refractivity contribution in [3.8, 4) is 0 Å². The summed E-state index contributed by atoms with van der Waals surface area (Å²) < 4.78 is 6.12. The fourth-order valence-corrected chi connectivity index (χ4v) is 5.40. The Morgan fingerprint density at radius 1 is 1.24 bits per heavy atom. The predicted octanol–water partition coefficient (Wildman–Crippen LogP) is 3.59. The SMILES string of the molecule is O=C(C1CCOC2(CCSCC2)C1)C1Cc2ccccc21.